The summed E-state index contributed by atoms with van der Waals surface area (Å²) in [5.74, 6) is -0.268. The number of aromatic amines is 1. The van der Waals surface area contributed by atoms with E-state index >= 15 is 0 Å². The van der Waals surface area contributed by atoms with Gasteiger partial charge in [0.2, 0.25) is 0 Å². The van der Waals surface area contributed by atoms with Gasteiger partial charge in [0.05, 0.1) is 11.1 Å². The normalized spacial score (nSPS) is 23.9. The first-order valence-electron chi connectivity index (χ1n) is 7.72. The Kier molecular flexibility index (Phi) is 3.52. The van der Waals surface area contributed by atoms with Crippen molar-refractivity contribution in [1.82, 2.24) is 14.9 Å². The fraction of sp³-hybridized carbons (Fsp3) is 0.471. The van der Waals surface area contributed by atoms with Gasteiger partial charge in [-0.2, -0.15) is 4.98 Å². The Morgan fingerprint density at radius 2 is 2.00 bits per heavy atom. The summed E-state index contributed by atoms with van der Waals surface area (Å²) in [7, 11) is 0. The first-order chi connectivity index (χ1) is 10.7. The number of nitrogens with one attached hydrogen (secondary N) is 1. The second kappa shape index (κ2) is 5.16. The first kappa shape index (κ1) is 15.7. The number of aromatic nitrogens is 2. The summed E-state index contributed by atoms with van der Waals surface area (Å²) in [4.78, 5) is 32.8. The molecule has 0 bridgehead atoms. The predicted octanol–water partition coefficient (Wildman–Crippen LogP) is 1.55. The molecule has 122 valence electrons. The number of fused-ring (bicyclic) bond motifs is 1. The van der Waals surface area contributed by atoms with Gasteiger partial charge in [0.15, 0.2) is 0 Å². The third-order valence-electron chi connectivity index (χ3n) is 5.04. The van der Waals surface area contributed by atoms with Crippen molar-refractivity contribution in [2.24, 2.45) is 5.41 Å². The zero-order chi connectivity index (χ0) is 16.8. The highest BCUT2D eigenvalue weighted by molar-refractivity contribution is 6.04. The largest absolute Gasteiger partial charge is 0.389 e. The van der Waals surface area contributed by atoms with Crippen LogP contribution in [0.1, 0.15) is 37.7 Å². The Bertz CT molecular complexity index is 823. The number of piperidine rings is 1. The molecule has 0 aliphatic carbocycles. The van der Waals surface area contributed by atoms with Gasteiger partial charge in [-0.1, -0.05) is 32.0 Å². The molecule has 3 rings (SSSR count). The number of rotatable bonds is 1. The van der Waals surface area contributed by atoms with Crippen molar-refractivity contribution in [2.75, 3.05) is 13.1 Å². The van der Waals surface area contributed by atoms with E-state index in [1.165, 1.54) is 0 Å². The number of H-pyrrole nitrogens is 1. The molecule has 2 heterocycles. The Morgan fingerprint density at radius 1 is 1.30 bits per heavy atom. The molecule has 1 atom stereocenters. The quantitative estimate of drug-likeness (QED) is 0.836. The molecule has 0 spiro atoms. The minimum Gasteiger partial charge on any atom is -0.389 e. The molecule has 1 aromatic heterocycles. The summed E-state index contributed by atoms with van der Waals surface area (Å²) in [5, 5.41) is 11.1. The molecule has 6 nitrogen and oxygen atoms in total. The molecule has 0 radical (unpaired) electrons. The van der Waals surface area contributed by atoms with E-state index in [1.54, 1.807) is 30.0 Å². The molecule has 2 aromatic rings. The molecule has 1 aliphatic heterocycles. The number of likely N-dealkylation sites (tertiary alicyclic amines) is 1. The fourth-order valence-corrected chi connectivity index (χ4v) is 3.01. The van der Waals surface area contributed by atoms with Gasteiger partial charge in [-0.05, 0) is 19.4 Å². The predicted molar refractivity (Wildman–Crippen MR) is 87.3 cm³/mol. The van der Waals surface area contributed by atoms with Crippen molar-refractivity contribution in [1.29, 1.82) is 0 Å². The van der Waals surface area contributed by atoms with Gasteiger partial charge in [-0.15, -0.1) is 0 Å². The van der Waals surface area contributed by atoms with Crippen LogP contribution in [-0.4, -0.2) is 44.6 Å². The number of carbonyl (C=O) groups is 1. The van der Waals surface area contributed by atoms with Gasteiger partial charge >= 0.3 is 5.69 Å². The monoisotopic (exact) mass is 315 g/mol. The van der Waals surface area contributed by atoms with Gasteiger partial charge in [-0.3, -0.25) is 4.79 Å². The SMILES string of the molecule is CC1(C)CN(C(=O)c2nc(=O)[nH]c3ccccc23)CC[C@]1(C)O. The summed E-state index contributed by atoms with van der Waals surface area (Å²) in [6.45, 7) is 6.54. The average molecular weight is 315 g/mol. The smallest absolute Gasteiger partial charge is 0.346 e. The maximum Gasteiger partial charge on any atom is 0.346 e. The Labute approximate surface area is 134 Å². The van der Waals surface area contributed by atoms with E-state index < -0.39 is 16.7 Å². The topological polar surface area (TPSA) is 86.3 Å². The fourth-order valence-electron chi connectivity index (χ4n) is 3.01. The summed E-state index contributed by atoms with van der Waals surface area (Å²) in [6.07, 6.45) is 0.493. The second-order valence-electron chi connectivity index (χ2n) is 7.07. The van der Waals surface area contributed by atoms with E-state index in [2.05, 4.69) is 9.97 Å². The summed E-state index contributed by atoms with van der Waals surface area (Å²) < 4.78 is 0. The van der Waals surface area contributed by atoms with E-state index in [4.69, 9.17) is 0 Å². The van der Waals surface area contributed by atoms with Crippen molar-refractivity contribution in [3.05, 3.63) is 40.4 Å². The second-order valence-corrected chi connectivity index (χ2v) is 7.07. The van der Waals surface area contributed by atoms with Gasteiger partial charge < -0.3 is 15.0 Å². The van der Waals surface area contributed by atoms with Crippen molar-refractivity contribution in [2.45, 2.75) is 32.8 Å². The number of benzene rings is 1. The minimum absolute atomic E-state index is 0.168. The van der Waals surface area contributed by atoms with Crippen LogP contribution in [0.15, 0.2) is 29.1 Å². The number of carbonyl (C=O) groups excluding carboxylic acids is 1. The van der Waals surface area contributed by atoms with E-state index in [0.29, 0.717) is 30.4 Å². The van der Waals surface area contributed by atoms with Crippen LogP contribution in [-0.2, 0) is 0 Å². The number of nitrogens with zero attached hydrogens (tertiary/aromatic N) is 2. The van der Waals surface area contributed by atoms with Crippen molar-refractivity contribution >= 4 is 16.8 Å². The lowest BCUT2D eigenvalue weighted by Gasteiger charge is -2.48. The van der Waals surface area contributed by atoms with Crippen LogP contribution in [0, 0.1) is 5.41 Å². The lowest BCUT2D eigenvalue weighted by Crippen LogP contribution is -2.57. The molecule has 1 aromatic carbocycles. The van der Waals surface area contributed by atoms with Gasteiger partial charge in [0.25, 0.3) is 5.91 Å². The molecule has 1 fully saturated rings. The van der Waals surface area contributed by atoms with Gasteiger partial charge in [0, 0.05) is 23.9 Å². The number of hydrogen-bond acceptors (Lipinski definition) is 4. The maximum atomic E-state index is 12.9. The summed E-state index contributed by atoms with van der Waals surface area (Å²) in [6, 6.07) is 7.13. The van der Waals surface area contributed by atoms with Gasteiger partial charge in [0.1, 0.15) is 5.69 Å². The van der Waals surface area contributed by atoms with E-state index in [-0.39, 0.29) is 11.6 Å². The number of para-hydroxylation sites is 1. The first-order valence-corrected chi connectivity index (χ1v) is 7.72. The summed E-state index contributed by atoms with van der Waals surface area (Å²) in [5.41, 5.74) is -1.03. The molecular weight excluding hydrogens is 294 g/mol. The molecule has 1 aliphatic rings. The zero-order valence-corrected chi connectivity index (χ0v) is 13.6. The Morgan fingerprint density at radius 3 is 2.70 bits per heavy atom. The highest BCUT2D eigenvalue weighted by Crippen LogP contribution is 2.38. The number of aliphatic hydroxyl groups is 1. The van der Waals surface area contributed by atoms with Crippen LogP contribution in [0.5, 0.6) is 0 Å². The highest BCUT2D eigenvalue weighted by Gasteiger charge is 2.45. The molecule has 1 saturated heterocycles. The van der Waals surface area contributed by atoms with Crippen LogP contribution in [0.2, 0.25) is 0 Å². The molecule has 6 heteroatoms. The Balaban J connectivity index is 2.00. The van der Waals surface area contributed by atoms with Crippen LogP contribution >= 0.6 is 0 Å². The third kappa shape index (κ3) is 2.63. The third-order valence-corrected chi connectivity index (χ3v) is 5.04. The highest BCUT2D eigenvalue weighted by atomic mass is 16.3. The molecule has 0 saturated carbocycles. The lowest BCUT2D eigenvalue weighted by molar-refractivity contribution is -0.0971. The summed E-state index contributed by atoms with van der Waals surface area (Å²) >= 11 is 0. The minimum atomic E-state index is -0.826. The maximum absolute atomic E-state index is 12.9. The van der Waals surface area contributed by atoms with E-state index in [9.17, 15) is 14.7 Å². The number of hydrogen-bond donors (Lipinski definition) is 2. The van der Waals surface area contributed by atoms with Gasteiger partial charge in [-0.25, -0.2) is 4.79 Å². The van der Waals surface area contributed by atoms with Crippen molar-refractivity contribution in [3.63, 3.8) is 0 Å². The molecule has 2 N–H and O–H groups in total. The zero-order valence-electron chi connectivity index (χ0n) is 13.6. The Hall–Kier alpha value is -2.21. The lowest BCUT2D eigenvalue weighted by atomic mass is 9.71. The van der Waals surface area contributed by atoms with Crippen LogP contribution in [0.3, 0.4) is 0 Å². The van der Waals surface area contributed by atoms with E-state index in [1.807, 2.05) is 19.9 Å². The standard InChI is InChI=1S/C17H21N3O3/c1-16(2)10-20(9-8-17(16,3)23)14(21)13-11-6-4-5-7-12(11)18-15(22)19-13/h4-7,23H,8-10H2,1-3H3,(H,18,19,22)/t17-/m0/s1. The van der Waals surface area contributed by atoms with Crippen LogP contribution in [0.25, 0.3) is 10.9 Å². The van der Waals surface area contributed by atoms with Crippen LogP contribution < -0.4 is 5.69 Å². The molecule has 0 unspecified atom stereocenters. The molecule has 1 amide bonds. The molecular formula is C17H21N3O3. The van der Waals surface area contributed by atoms with Crippen molar-refractivity contribution < 1.29 is 9.90 Å². The van der Waals surface area contributed by atoms with E-state index in [0.717, 1.165) is 0 Å². The van der Waals surface area contributed by atoms with Crippen molar-refractivity contribution in [3.8, 4) is 0 Å². The average Bonchev–Trinajstić information content (AvgIpc) is 2.48. The number of amides is 1. The van der Waals surface area contributed by atoms with Crippen LogP contribution in [0.4, 0.5) is 0 Å². The molecule has 23 heavy (non-hydrogen) atoms.